The van der Waals surface area contributed by atoms with E-state index < -0.39 is 11.9 Å². The molecule has 0 spiro atoms. The van der Waals surface area contributed by atoms with Gasteiger partial charge in [0.05, 0.1) is 11.2 Å². The molecular weight excluding hydrogens is 286 g/mol. The zero-order valence-electron chi connectivity index (χ0n) is 12.1. The van der Waals surface area contributed by atoms with Crippen LogP contribution in [0.1, 0.15) is 31.7 Å². The van der Waals surface area contributed by atoms with E-state index in [4.69, 9.17) is 5.11 Å². The molecule has 0 bridgehead atoms. The predicted molar refractivity (Wildman–Crippen MR) is 84.1 cm³/mol. The van der Waals surface area contributed by atoms with Crippen LogP contribution < -0.4 is 5.32 Å². The summed E-state index contributed by atoms with van der Waals surface area (Å²) in [4.78, 5) is 23.3. The lowest BCUT2D eigenvalue weighted by Gasteiger charge is -2.20. The van der Waals surface area contributed by atoms with Gasteiger partial charge in [0.25, 0.3) is 0 Å². The maximum absolute atomic E-state index is 12.2. The van der Waals surface area contributed by atoms with Gasteiger partial charge in [0, 0.05) is 11.8 Å². The van der Waals surface area contributed by atoms with E-state index in [0.29, 0.717) is 6.42 Å². The van der Waals surface area contributed by atoms with Crippen molar-refractivity contribution in [1.29, 1.82) is 0 Å². The van der Waals surface area contributed by atoms with Crippen molar-refractivity contribution in [3.63, 3.8) is 0 Å². The molecule has 2 N–H and O–H groups in total. The zero-order valence-corrected chi connectivity index (χ0v) is 12.9. The number of hydrogen-bond acceptors (Lipinski definition) is 3. The largest absolute Gasteiger partial charge is 0.481 e. The third kappa shape index (κ3) is 4.49. The van der Waals surface area contributed by atoms with E-state index in [2.05, 4.69) is 5.32 Å². The van der Waals surface area contributed by atoms with Gasteiger partial charge in [-0.05, 0) is 25.3 Å². The summed E-state index contributed by atoms with van der Waals surface area (Å²) in [6.07, 6.45) is 2.29. The summed E-state index contributed by atoms with van der Waals surface area (Å²) in [5.41, 5.74) is 1.19. The van der Waals surface area contributed by atoms with Gasteiger partial charge in [0.1, 0.15) is 0 Å². The number of carboxylic acid groups (broad SMARTS) is 1. The molecule has 1 aromatic rings. The molecule has 1 aromatic carbocycles. The van der Waals surface area contributed by atoms with Crippen molar-refractivity contribution >= 4 is 23.6 Å². The van der Waals surface area contributed by atoms with E-state index in [-0.39, 0.29) is 17.2 Å². The van der Waals surface area contributed by atoms with E-state index in [1.165, 1.54) is 5.56 Å². The minimum Gasteiger partial charge on any atom is -0.481 e. The van der Waals surface area contributed by atoms with Crippen molar-refractivity contribution in [3.05, 3.63) is 35.9 Å². The number of amides is 1. The monoisotopic (exact) mass is 307 g/mol. The van der Waals surface area contributed by atoms with Crippen LogP contribution in [0.4, 0.5) is 0 Å². The van der Waals surface area contributed by atoms with Crippen LogP contribution in [0, 0.1) is 5.92 Å². The topological polar surface area (TPSA) is 66.4 Å². The van der Waals surface area contributed by atoms with Crippen molar-refractivity contribution in [2.75, 3.05) is 0 Å². The standard InChI is InChI=1S/C16H21NO3S/c1-11(21-10-12-6-3-2-4-7-12)15(18)17-14-9-5-8-13(14)16(19)20/h2-4,6-7,11,13-14H,5,8-10H2,1H3,(H,17,18)(H,19,20)/t11?,13-,14+/m0/s1. The Labute approximate surface area is 129 Å². The van der Waals surface area contributed by atoms with Gasteiger partial charge in [-0.15, -0.1) is 11.8 Å². The maximum Gasteiger partial charge on any atom is 0.308 e. The Morgan fingerprint density at radius 1 is 1.33 bits per heavy atom. The number of carboxylic acids is 1. The SMILES string of the molecule is CC(SCc1ccccc1)C(=O)N[C@@H]1CCC[C@@H]1C(=O)O. The van der Waals surface area contributed by atoms with Crippen LogP contribution in [0.3, 0.4) is 0 Å². The van der Waals surface area contributed by atoms with E-state index in [0.717, 1.165) is 18.6 Å². The number of nitrogens with one attached hydrogen (secondary N) is 1. The normalized spacial score (nSPS) is 22.7. The van der Waals surface area contributed by atoms with Crippen LogP contribution in [0.2, 0.25) is 0 Å². The Kier molecular flexibility index (Phi) is 5.67. The van der Waals surface area contributed by atoms with Crippen LogP contribution in [-0.2, 0) is 15.3 Å². The van der Waals surface area contributed by atoms with E-state index in [9.17, 15) is 9.59 Å². The Morgan fingerprint density at radius 2 is 2.05 bits per heavy atom. The molecule has 21 heavy (non-hydrogen) atoms. The minimum atomic E-state index is -0.803. The molecule has 0 radical (unpaired) electrons. The fraction of sp³-hybridized carbons (Fsp3) is 0.500. The summed E-state index contributed by atoms with van der Waals surface area (Å²) in [6.45, 7) is 1.87. The van der Waals surface area contributed by atoms with Gasteiger partial charge < -0.3 is 10.4 Å². The third-order valence-corrected chi connectivity index (χ3v) is 5.09. The Hall–Kier alpha value is -1.49. The number of thioether (sulfide) groups is 1. The highest BCUT2D eigenvalue weighted by Crippen LogP contribution is 2.26. The smallest absolute Gasteiger partial charge is 0.308 e. The number of carbonyl (C=O) groups is 2. The Bertz CT molecular complexity index is 492. The lowest BCUT2D eigenvalue weighted by Crippen LogP contribution is -2.43. The van der Waals surface area contributed by atoms with E-state index in [1.807, 2.05) is 37.3 Å². The molecule has 0 saturated heterocycles. The molecule has 1 saturated carbocycles. The van der Waals surface area contributed by atoms with Crippen LogP contribution in [0.15, 0.2) is 30.3 Å². The van der Waals surface area contributed by atoms with Gasteiger partial charge in [-0.1, -0.05) is 36.8 Å². The zero-order chi connectivity index (χ0) is 15.2. The summed E-state index contributed by atoms with van der Waals surface area (Å²) < 4.78 is 0. The van der Waals surface area contributed by atoms with Crippen LogP contribution in [-0.4, -0.2) is 28.3 Å². The second-order valence-electron chi connectivity index (χ2n) is 5.43. The molecule has 4 nitrogen and oxygen atoms in total. The van der Waals surface area contributed by atoms with Crippen molar-refractivity contribution in [1.82, 2.24) is 5.32 Å². The first kappa shape index (κ1) is 15.9. The summed E-state index contributed by atoms with van der Waals surface area (Å²) in [5, 5.41) is 11.9. The van der Waals surface area contributed by atoms with Crippen molar-refractivity contribution in [3.8, 4) is 0 Å². The summed E-state index contributed by atoms with van der Waals surface area (Å²) in [7, 11) is 0. The van der Waals surface area contributed by atoms with E-state index >= 15 is 0 Å². The summed E-state index contributed by atoms with van der Waals surface area (Å²) >= 11 is 1.57. The first-order valence-corrected chi connectivity index (χ1v) is 8.31. The predicted octanol–water partition coefficient (Wildman–Crippen LogP) is 2.68. The first-order valence-electron chi connectivity index (χ1n) is 7.26. The first-order chi connectivity index (χ1) is 10.1. The fourth-order valence-electron chi connectivity index (χ4n) is 2.60. The van der Waals surface area contributed by atoms with Crippen molar-refractivity contribution in [2.45, 2.75) is 43.2 Å². The maximum atomic E-state index is 12.2. The summed E-state index contributed by atoms with van der Waals surface area (Å²) in [6, 6.07) is 9.79. The molecule has 0 heterocycles. The number of aliphatic carboxylic acids is 1. The molecule has 1 unspecified atom stereocenters. The molecule has 114 valence electrons. The second kappa shape index (κ2) is 7.50. The van der Waals surface area contributed by atoms with Crippen LogP contribution in [0.25, 0.3) is 0 Å². The number of rotatable bonds is 6. The quantitative estimate of drug-likeness (QED) is 0.848. The van der Waals surface area contributed by atoms with E-state index in [1.54, 1.807) is 11.8 Å². The third-order valence-electron chi connectivity index (χ3n) is 3.87. The molecule has 3 atom stereocenters. The highest BCUT2D eigenvalue weighted by Gasteiger charge is 2.34. The fourth-order valence-corrected chi connectivity index (χ4v) is 3.45. The van der Waals surface area contributed by atoms with Crippen molar-refractivity contribution in [2.24, 2.45) is 5.92 Å². The van der Waals surface area contributed by atoms with Crippen LogP contribution >= 0.6 is 11.8 Å². The summed E-state index contributed by atoms with van der Waals surface area (Å²) in [5.74, 6) is -0.514. The highest BCUT2D eigenvalue weighted by molar-refractivity contribution is 7.99. The molecule has 5 heteroatoms. The molecule has 1 aliphatic carbocycles. The average Bonchev–Trinajstić information content (AvgIpc) is 2.94. The van der Waals surface area contributed by atoms with Gasteiger partial charge in [-0.2, -0.15) is 0 Å². The Morgan fingerprint density at radius 3 is 2.71 bits per heavy atom. The van der Waals surface area contributed by atoms with Crippen LogP contribution in [0.5, 0.6) is 0 Å². The van der Waals surface area contributed by atoms with Gasteiger partial charge in [0.15, 0.2) is 0 Å². The molecule has 0 aliphatic heterocycles. The average molecular weight is 307 g/mol. The molecule has 1 amide bonds. The van der Waals surface area contributed by atoms with Crippen molar-refractivity contribution < 1.29 is 14.7 Å². The molecule has 2 rings (SSSR count). The molecule has 0 aromatic heterocycles. The van der Waals surface area contributed by atoms with Gasteiger partial charge in [-0.25, -0.2) is 0 Å². The second-order valence-corrected chi connectivity index (χ2v) is 6.76. The molecule has 1 aliphatic rings. The minimum absolute atomic E-state index is 0.0610. The molecular formula is C16H21NO3S. The number of benzene rings is 1. The lowest BCUT2D eigenvalue weighted by molar-refractivity contribution is -0.142. The Balaban J connectivity index is 1.81. The van der Waals surface area contributed by atoms with Gasteiger partial charge in [-0.3, -0.25) is 9.59 Å². The van der Waals surface area contributed by atoms with Gasteiger partial charge >= 0.3 is 5.97 Å². The van der Waals surface area contributed by atoms with Gasteiger partial charge in [0.2, 0.25) is 5.91 Å². The highest BCUT2D eigenvalue weighted by atomic mass is 32.2. The number of hydrogen-bond donors (Lipinski definition) is 2. The lowest BCUT2D eigenvalue weighted by atomic mass is 10.0. The number of carbonyl (C=O) groups excluding carboxylic acids is 1. The molecule has 1 fully saturated rings.